The number of anilines is 3. The second-order valence-corrected chi connectivity index (χ2v) is 8.58. The van der Waals surface area contributed by atoms with E-state index in [-0.39, 0.29) is 22.9 Å². The molecule has 4 aromatic rings. The average Bonchev–Trinajstić information content (AvgIpc) is 2.93. The molecule has 0 amide bonds. The van der Waals surface area contributed by atoms with E-state index in [9.17, 15) is 28.5 Å². The fraction of sp³-hybridized carbons (Fsp3) is 0.143. The zero-order valence-electron chi connectivity index (χ0n) is 21.1. The SMILES string of the molecule is Cc1c(C#N)c(Nc2ccccc2)nc(NCCc2ccccc2)c1/N=N/c1ccc([N+](=O)[O-])cc1C(F)(F)F. The van der Waals surface area contributed by atoms with Crippen LogP contribution >= 0.6 is 0 Å². The van der Waals surface area contributed by atoms with Crippen LogP contribution in [0.3, 0.4) is 0 Å². The Morgan fingerprint density at radius 1 is 1.00 bits per heavy atom. The number of pyridine rings is 1. The average molecular weight is 546 g/mol. The number of alkyl halides is 3. The number of nitriles is 1. The second kappa shape index (κ2) is 12.0. The highest BCUT2D eigenvalue weighted by Crippen LogP contribution is 2.41. The summed E-state index contributed by atoms with van der Waals surface area (Å²) in [5, 5.41) is 35.0. The van der Waals surface area contributed by atoms with Crippen molar-refractivity contribution in [3.63, 3.8) is 0 Å². The Balaban J connectivity index is 1.77. The van der Waals surface area contributed by atoms with Crippen LogP contribution in [0.1, 0.15) is 22.3 Å². The van der Waals surface area contributed by atoms with Gasteiger partial charge in [-0.15, -0.1) is 10.2 Å². The first kappa shape index (κ1) is 27.7. The van der Waals surface area contributed by atoms with Crippen molar-refractivity contribution >= 4 is 34.4 Å². The number of hydrogen-bond donors (Lipinski definition) is 2. The molecular formula is C28H22F3N7O2. The summed E-state index contributed by atoms with van der Waals surface area (Å²) in [6.07, 6.45) is -4.30. The summed E-state index contributed by atoms with van der Waals surface area (Å²) in [4.78, 5) is 14.6. The van der Waals surface area contributed by atoms with Gasteiger partial charge in [0.05, 0.1) is 21.7 Å². The monoisotopic (exact) mass is 545 g/mol. The van der Waals surface area contributed by atoms with E-state index in [2.05, 4.69) is 31.9 Å². The lowest BCUT2D eigenvalue weighted by molar-refractivity contribution is -0.385. The van der Waals surface area contributed by atoms with Gasteiger partial charge in [-0.1, -0.05) is 48.5 Å². The Morgan fingerprint density at radius 3 is 2.30 bits per heavy atom. The van der Waals surface area contributed by atoms with Crippen molar-refractivity contribution in [2.24, 2.45) is 10.2 Å². The minimum absolute atomic E-state index is 0.0645. The van der Waals surface area contributed by atoms with E-state index in [1.165, 1.54) is 0 Å². The number of nitrogens with zero attached hydrogens (tertiary/aromatic N) is 5. The number of benzene rings is 3. The van der Waals surface area contributed by atoms with Gasteiger partial charge in [0.25, 0.3) is 5.69 Å². The molecule has 0 aliphatic heterocycles. The largest absolute Gasteiger partial charge is 0.418 e. The first-order valence-corrected chi connectivity index (χ1v) is 12.0. The molecule has 0 aliphatic rings. The molecule has 9 nitrogen and oxygen atoms in total. The molecule has 202 valence electrons. The van der Waals surface area contributed by atoms with Gasteiger partial charge in [0.2, 0.25) is 0 Å². The minimum Gasteiger partial charge on any atom is -0.368 e. The molecule has 40 heavy (non-hydrogen) atoms. The van der Waals surface area contributed by atoms with E-state index in [1.54, 1.807) is 19.1 Å². The number of azo groups is 1. The maximum absolute atomic E-state index is 13.7. The van der Waals surface area contributed by atoms with Gasteiger partial charge in [-0.3, -0.25) is 10.1 Å². The van der Waals surface area contributed by atoms with E-state index in [4.69, 9.17) is 0 Å². The molecule has 12 heteroatoms. The summed E-state index contributed by atoms with van der Waals surface area (Å²) >= 11 is 0. The predicted octanol–water partition coefficient (Wildman–Crippen LogP) is 8.00. The van der Waals surface area contributed by atoms with Crippen molar-refractivity contribution in [2.75, 3.05) is 17.2 Å². The number of nitro groups is 1. The first-order chi connectivity index (χ1) is 19.2. The zero-order chi connectivity index (χ0) is 28.7. The van der Waals surface area contributed by atoms with Crippen LogP contribution in [0.25, 0.3) is 0 Å². The van der Waals surface area contributed by atoms with Gasteiger partial charge in [-0.2, -0.15) is 18.4 Å². The summed E-state index contributed by atoms with van der Waals surface area (Å²) in [5.41, 5.74) is -0.396. The fourth-order valence-corrected chi connectivity index (χ4v) is 3.85. The van der Waals surface area contributed by atoms with E-state index in [0.717, 1.165) is 17.7 Å². The molecule has 0 radical (unpaired) electrons. The standard InChI is InChI=1S/C28H22F3N7O2/c1-18-22(17-32)26(34-20-10-6-3-7-11-20)35-27(33-15-14-19-8-4-2-5-9-19)25(18)37-36-24-13-12-21(38(39)40)16-23(24)28(29,30)31/h2-13,16H,14-15H2,1H3,(H2,33,34,35)/b37-36+. The lowest BCUT2D eigenvalue weighted by Gasteiger charge is -2.16. The second-order valence-electron chi connectivity index (χ2n) is 8.58. The van der Waals surface area contributed by atoms with Crippen LogP contribution in [0, 0.1) is 28.4 Å². The molecule has 4 rings (SSSR count). The lowest BCUT2D eigenvalue weighted by Crippen LogP contribution is -2.09. The van der Waals surface area contributed by atoms with Gasteiger partial charge in [-0.05, 0) is 37.1 Å². The molecular weight excluding hydrogens is 523 g/mol. The van der Waals surface area contributed by atoms with Crippen molar-refractivity contribution in [3.05, 3.63) is 111 Å². The van der Waals surface area contributed by atoms with Crippen LogP contribution < -0.4 is 10.6 Å². The third-order valence-electron chi connectivity index (χ3n) is 5.87. The minimum atomic E-state index is -4.91. The summed E-state index contributed by atoms with van der Waals surface area (Å²) in [6, 6.07) is 22.9. The van der Waals surface area contributed by atoms with Gasteiger partial charge in [-0.25, -0.2) is 4.98 Å². The Kier molecular flexibility index (Phi) is 8.34. The van der Waals surface area contributed by atoms with Crippen LogP contribution in [0.5, 0.6) is 0 Å². The molecule has 0 atom stereocenters. The quantitative estimate of drug-likeness (QED) is 0.125. The number of nitro benzene ring substituents is 1. The molecule has 0 saturated heterocycles. The Morgan fingerprint density at radius 2 is 1.68 bits per heavy atom. The van der Waals surface area contributed by atoms with Gasteiger partial charge in [0.15, 0.2) is 11.6 Å². The van der Waals surface area contributed by atoms with E-state index in [0.29, 0.717) is 30.3 Å². The first-order valence-electron chi connectivity index (χ1n) is 12.0. The van der Waals surface area contributed by atoms with E-state index < -0.39 is 28.0 Å². The summed E-state index contributed by atoms with van der Waals surface area (Å²) in [6.45, 7) is 1.99. The van der Waals surface area contributed by atoms with Crippen molar-refractivity contribution in [1.82, 2.24) is 4.98 Å². The molecule has 0 saturated carbocycles. The highest BCUT2D eigenvalue weighted by molar-refractivity contribution is 5.76. The molecule has 0 bridgehead atoms. The van der Waals surface area contributed by atoms with Crippen molar-refractivity contribution in [3.8, 4) is 6.07 Å². The number of rotatable bonds is 9. The van der Waals surface area contributed by atoms with Crippen LogP contribution in [-0.2, 0) is 12.6 Å². The van der Waals surface area contributed by atoms with Gasteiger partial charge in [0, 0.05) is 29.9 Å². The van der Waals surface area contributed by atoms with Gasteiger partial charge >= 0.3 is 6.18 Å². The lowest BCUT2D eigenvalue weighted by atomic mass is 10.1. The number of hydrogen-bond acceptors (Lipinski definition) is 8. The number of halogens is 3. The Labute approximate surface area is 227 Å². The van der Waals surface area contributed by atoms with Crippen LogP contribution in [-0.4, -0.2) is 16.5 Å². The molecule has 0 aliphatic carbocycles. The zero-order valence-corrected chi connectivity index (χ0v) is 21.1. The smallest absolute Gasteiger partial charge is 0.368 e. The molecule has 1 aromatic heterocycles. The topological polar surface area (TPSA) is 129 Å². The number of nitrogens with one attached hydrogen (secondary N) is 2. The highest BCUT2D eigenvalue weighted by Gasteiger charge is 2.35. The van der Waals surface area contributed by atoms with Crippen LogP contribution in [0.15, 0.2) is 89.1 Å². The number of aromatic nitrogens is 1. The molecule has 2 N–H and O–H groups in total. The van der Waals surface area contributed by atoms with Gasteiger partial charge in [0.1, 0.15) is 11.8 Å². The molecule has 0 spiro atoms. The van der Waals surface area contributed by atoms with Crippen molar-refractivity contribution < 1.29 is 18.1 Å². The predicted molar refractivity (Wildman–Crippen MR) is 144 cm³/mol. The third-order valence-corrected chi connectivity index (χ3v) is 5.87. The fourth-order valence-electron chi connectivity index (χ4n) is 3.85. The molecule has 0 fully saturated rings. The Hall–Kier alpha value is -5.31. The van der Waals surface area contributed by atoms with E-state index >= 15 is 0 Å². The summed E-state index contributed by atoms with van der Waals surface area (Å²) < 4.78 is 41.0. The third kappa shape index (κ3) is 6.57. The van der Waals surface area contributed by atoms with Crippen LogP contribution in [0.2, 0.25) is 0 Å². The molecule has 3 aromatic carbocycles. The highest BCUT2D eigenvalue weighted by atomic mass is 19.4. The number of non-ortho nitro benzene ring substituents is 1. The summed E-state index contributed by atoms with van der Waals surface area (Å²) in [7, 11) is 0. The van der Waals surface area contributed by atoms with Crippen LogP contribution in [0.4, 0.5) is 47.6 Å². The summed E-state index contributed by atoms with van der Waals surface area (Å²) in [5.74, 6) is 0.434. The molecule has 0 unspecified atom stereocenters. The van der Waals surface area contributed by atoms with Gasteiger partial charge < -0.3 is 10.6 Å². The van der Waals surface area contributed by atoms with Crippen molar-refractivity contribution in [1.29, 1.82) is 5.26 Å². The van der Waals surface area contributed by atoms with Crippen molar-refractivity contribution in [2.45, 2.75) is 19.5 Å². The maximum atomic E-state index is 13.7. The molecule has 1 heterocycles. The normalized spacial score (nSPS) is 11.3. The number of para-hydroxylation sites is 1. The Bertz CT molecular complexity index is 1590. The van der Waals surface area contributed by atoms with E-state index in [1.807, 2.05) is 48.5 Å². The maximum Gasteiger partial charge on any atom is 0.418 e.